The van der Waals surface area contributed by atoms with Crippen molar-refractivity contribution in [3.05, 3.63) is 85.8 Å². The molecule has 12 heteroatoms. The minimum atomic E-state index is -0.470. The molecular formula is C32H35N5O7. The lowest BCUT2D eigenvalue weighted by molar-refractivity contribution is -0.385. The van der Waals surface area contributed by atoms with Crippen molar-refractivity contribution in [2.75, 3.05) is 37.5 Å². The van der Waals surface area contributed by atoms with Gasteiger partial charge in [0.05, 0.1) is 31.1 Å². The van der Waals surface area contributed by atoms with Gasteiger partial charge >= 0.3 is 0 Å². The molecule has 3 aliphatic heterocycles. The second kappa shape index (κ2) is 11.7. The smallest absolute Gasteiger partial charge is 0.276 e. The van der Waals surface area contributed by atoms with Crippen molar-refractivity contribution in [1.29, 1.82) is 0 Å². The van der Waals surface area contributed by atoms with Gasteiger partial charge in [-0.15, -0.1) is 0 Å². The van der Waals surface area contributed by atoms with E-state index in [4.69, 9.17) is 9.47 Å². The van der Waals surface area contributed by atoms with E-state index in [-0.39, 0.29) is 59.7 Å². The Balaban J connectivity index is 1.31. The normalized spacial score (nSPS) is 21.3. The Morgan fingerprint density at radius 1 is 1.07 bits per heavy atom. The van der Waals surface area contributed by atoms with Gasteiger partial charge < -0.3 is 29.6 Å². The molecule has 2 aromatic carbocycles. The van der Waals surface area contributed by atoms with Crippen LogP contribution in [-0.4, -0.2) is 54.7 Å². The number of nitrogens with zero attached hydrogens (tertiary/aromatic N) is 3. The van der Waals surface area contributed by atoms with E-state index >= 15 is 0 Å². The average molecular weight is 602 g/mol. The number of anilines is 2. The highest BCUT2D eigenvalue weighted by atomic mass is 16.6. The zero-order valence-electron chi connectivity index (χ0n) is 24.9. The van der Waals surface area contributed by atoms with Crippen LogP contribution in [0, 0.1) is 22.0 Å². The second-order valence-corrected chi connectivity index (χ2v) is 11.7. The van der Waals surface area contributed by atoms with Crippen molar-refractivity contribution >= 4 is 28.9 Å². The maximum Gasteiger partial charge on any atom is 0.276 e. The summed E-state index contributed by atoms with van der Waals surface area (Å²) in [6.07, 6.45) is 1.55. The number of methoxy groups -OCH3 is 2. The molecule has 12 nitrogen and oxygen atoms in total. The number of aromatic nitrogens is 1. The molecule has 2 amide bonds. The fraction of sp³-hybridized carbons (Fsp3) is 0.406. The van der Waals surface area contributed by atoms with Crippen LogP contribution in [0.1, 0.15) is 36.1 Å². The summed E-state index contributed by atoms with van der Waals surface area (Å²) in [5.41, 5.74) is 3.90. The predicted octanol–water partition coefficient (Wildman–Crippen LogP) is 3.26. The van der Waals surface area contributed by atoms with Gasteiger partial charge in [0, 0.05) is 67.2 Å². The topological polar surface area (TPSA) is 145 Å². The summed E-state index contributed by atoms with van der Waals surface area (Å²) in [5, 5.41) is 17.7. The Bertz CT molecular complexity index is 1700. The van der Waals surface area contributed by atoms with Crippen LogP contribution in [0.25, 0.3) is 0 Å². The number of rotatable bonds is 8. The van der Waals surface area contributed by atoms with Crippen LogP contribution in [0.5, 0.6) is 11.5 Å². The summed E-state index contributed by atoms with van der Waals surface area (Å²) >= 11 is 0. The minimum Gasteiger partial charge on any atom is -0.493 e. The molecule has 2 N–H and O–H groups in total. The molecule has 0 saturated carbocycles. The molecule has 1 saturated heterocycles. The molecule has 1 fully saturated rings. The fourth-order valence-electron chi connectivity index (χ4n) is 7.34. The van der Waals surface area contributed by atoms with Crippen LogP contribution < -0.4 is 30.6 Å². The number of benzene rings is 2. The summed E-state index contributed by atoms with van der Waals surface area (Å²) in [6.45, 7) is 2.98. The van der Waals surface area contributed by atoms with Crippen molar-refractivity contribution < 1.29 is 24.0 Å². The highest BCUT2D eigenvalue weighted by Gasteiger charge is 2.49. The number of pyridine rings is 1. The van der Waals surface area contributed by atoms with Gasteiger partial charge in [0.25, 0.3) is 11.2 Å². The zero-order chi connectivity index (χ0) is 31.1. The zero-order valence-corrected chi connectivity index (χ0v) is 24.9. The van der Waals surface area contributed by atoms with Crippen LogP contribution in [-0.2, 0) is 29.0 Å². The highest BCUT2D eigenvalue weighted by molar-refractivity contribution is 5.89. The number of carbonyl (C=O) groups excluding carboxylic acids is 2. The van der Waals surface area contributed by atoms with Gasteiger partial charge in [-0.2, -0.15) is 0 Å². The third-order valence-electron chi connectivity index (χ3n) is 9.09. The Labute approximate surface area is 254 Å². The Hall–Kier alpha value is -4.87. The third kappa shape index (κ3) is 5.24. The van der Waals surface area contributed by atoms with E-state index in [2.05, 4.69) is 15.5 Å². The van der Waals surface area contributed by atoms with Crippen LogP contribution in [0.4, 0.5) is 17.1 Å². The molecule has 4 heterocycles. The van der Waals surface area contributed by atoms with Crippen molar-refractivity contribution in [3.63, 3.8) is 0 Å². The van der Waals surface area contributed by atoms with Gasteiger partial charge in [-0.3, -0.25) is 24.5 Å². The quantitative estimate of drug-likeness (QED) is 0.296. The second-order valence-electron chi connectivity index (χ2n) is 11.7. The molecule has 4 atom stereocenters. The summed E-state index contributed by atoms with van der Waals surface area (Å²) in [7, 11) is 2.88. The standard InChI is InChI=1S/C32H35N5O7/c1-18(38)34-22-7-8-25-21(12-22)13-24(31-23-11-19(17-36(25)31)16-35-26(23)5-4-6-30(35)39)32(40)33-10-9-20-14-28(43-2)29(44-3)15-27(20)37(41)42/h4-8,12,14-15,19,23-24,31H,9-11,13,16-17H2,1-3H3,(H,33,40)(H,34,38)/t19-,23+,24+,31+/m0/s1. The fourth-order valence-corrected chi connectivity index (χ4v) is 7.34. The molecular weight excluding hydrogens is 566 g/mol. The van der Waals surface area contributed by atoms with Crippen LogP contribution >= 0.6 is 0 Å². The highest BCUT2D eigenvalue weighted by Crippen LogP contribution is 2.48. The van der Waals surface area contributed by atoms with E-state index in [1.54, 1.807) is 18.2 Å². The summed E-state index contributed by atoms with van der Waals surface area (Å²) < 4.78 is 12.4. The van der Waals surface area contributed by atoms with Crippen LogP contribution in [0.2, 0.25) is 0 Å². The third-order valence-corrected chi connectivity index (χ3v) is 9.09. The first-order chi connectivity index (χ1) is 21.2. The SMILES string of the molecule is COc1cc(CCNC(=O)[C@@H]2Cc3cc(NC(C)=O)ccc3N3C[C@H]4C[C@H](c5cccc(=O)n5C4)[C@H]23)c([N+](=O)[O-])cc1OC. The van der Waals surface area contributed by atoms with Crippen molar-refractivity contribution in [3.8, 4) is 11.5 Å². The Morgan fingerprint density at radius 2 is 1.84 bits per heavy atom. The number of hydrogen-bond acceptors (Lipinski definition) is 8. The van der Waals surface area contributed by atoms with Crippen molar-refractivity contribution in [1.82, 2.24) is 9.88 Å². The molecule has 230 valence electrons. The first kappa shape index (κ1) is 29.2. The molecule has 0 aliphatic carbocycles. The molecule has 44 heavy (non-hydrogen) atoms. The lowest BCUT2D eigenvalue weighted by Crippen LogP contribution is -2.60. The molecule has 6 rings (SSSR count). The summed E-state index contributed by atoms with van der Waals surface area (Å²) in [4.78, 5) is 52.3. The number of carbonyl (C=O) groups is 2. The monoisotopic (exact) mass is 601 g/mol. The van der Waals surface area contributed by atoms with Gasteiger partial charge in [0.15, 0.2) is 11.5 Å². The molecule has 0 unspecified atom stereocenters. The number of fused-ring (bicyclic) bond motifs is 8. The van der Waals surface area contributed by atoms with E-state index in [0.717, 1.165) is 23.4 Å². The van der Waals surface area contributed by atoms with Gasteiger partial charge in [-0.25, -0.2) is 0 Å². The van der Waals surface area contributed by atoms with E-state index in [9.17, 15) is 24.5 Å². The van der Waals surface area contributed by atoms with Gasteiger partial charge in [0.1, 0.15) is 0 Å². The molecule has 0 radical (unpaired) electrons. The van der Waals surface area contributed by atoms with Crippen molar-refractivity contribution in [2.24, 2.45) is 11.8 Å². The average Bonchev–Trinajstić information content (AvgIpc) is 3.00. The molecule has 0 spiro atoms. The Kier molecular flexibility index (Phi) is 7.74. The van der Waals surface area contributed by atoms with Gasteiger partial charge in [-0.05, 0) is 61.1 Å². The number of hydrogen-bond donors (Lipinski definition) is 2. The predicted molar refractivity (Wildman–Crippen MR) is 164 cm³/mol. The maximum atomic E-state index is 14.0. The van der Waals surface area contributed by atoms with E-state index < -0.39 is 10.8 Å². The number of nitrogens with one attached hydrogen (secondary N) is 2. The number of ether oxygens (including phenoxy) is 2. The minimum absolute atomic E-state index is 0.0257. The van der Waals surface area contributed by atoms with Crippen molar-refractivity contribution in [2.45, 2.75) is 44.7 Å². The van der Waals surface area contributed by atoms with Crippen LogP contribution in [0.15, 0.2) is 53.3 Å². The maximum absolute atomic E-state index is 14.0. The lowest BCUT2D eigenvalue weighted by Gasteiger charge is -2.54. The first-order valence-corrected chi connectivity index (χ1v) is 14.7. The Morgan fingerprint density at radius 3 is 2.57 bits per heavy atom. The van der Waals surface area contributed by atoms with Crippen LogP contribution in [0.3, 0.4) is 0 Å². The summed E-state index contributed by atoms with van der Waals surface area (Å²) in [6, 6.07) is 13.9. The molecule has 3 aromatic rings. The largest absolute Gasteiger partial charge is 0.493 e. The molecule has 1 aromatic heterocycles. The first-order valence-electron chi connectivity index (χ1n) is 14.7. The van der Waals surface area contributed by atoms with Gasteiger partial charge in [-0.1, -0.05) is 6.07 Å². The van der Waals surface area contributed by atoms with E-state index in [1.165, 1.54) is 27.2 Å². The lowest BCUT2D eigenvalue weighted by atomic mass is 9.69. The van der Waals surface area contributed by atoms with E-state index in [0.29, 0.717) is 36.5 Å². The van der Waals surface area contributed by atoms with E-state index in [1.807, 2.05) is 28.8 Å². The number of amides is 2. The number of piperidine rings is 1. The van der Waals surface area contributed by atoms with Gasteiger partial charge in [0.2, 0.25) is 11.8 Å². The number of nitro groups is 1. The molecule has 2 bridgehead atoms. The number of nitro benzene ring substituents is 1. The molecule has 3 aliphatic rings. The summed E-state index contributed by atoms with van der Waals surface area (Å²) in [5.74, 6) is 0.0647.